The highest BCUT2D eigenvalue weighted by Crippen LogP contribution is 2.39. The fourth-order valence-electron chi connectivity index (χ4n) is 5.12. The topological polar surface area (TPSA) is 136 Å². The van der Waals surface area contributed by atoms with Crippen LogP contribution in [0.2, 0.25) is 0 Å². The Hall–Kier alpha value is -2.40. The second kappa shape index (κ2) is 9.33. The smallest absolute Gasteiger partial charge is 0.225 e. The highest BCUT2D eigenvalue weighted by Gasteiger charge is 2.41. The molecule has 182 valence electrons. The summed E-state index contributed by atoms with van der Waals surface area (Å²) in [5.74, 6) is 1.37. The summed E-state index contributed by atoms with van der Waals surface area (Å²) in [6.07, 6.45) is 3.66. The van der Waals surface area contributed by atoms with Gasteiger partial charge in [-0.2, -0.15) is 4.98 Å². The van der Waals surface area contributed by atoms with E-state index in [4.69, 9.17) is 15.0 Å². The van der Waals surface area contributed by atoms with E-state index in [2.05, 4.69) is 22.5 Å². The molecule has 0 aromatic carbocycles. The van der Waals surface area contributed by atoms with Crippen LogP contribution in [0.5, 0.6) is 0 Å². The molecule has 2 aliphatic carbocycles. The number of nitrogens with one attached hydrogen (secondary N) is 2. The van der Waals surface area contributed by atoms with Gasteiger partial charge in [-0.05, 0) is 45.1 Å². The van der Waals surface area contributed by atoms with Gasteiger partial charge < -0.3 is 26.0 Å². The van der Waals surface area contributed by atoms with Gasteiger partial charge in [-0.25, -0.2) is 9.97 Å². The molecule has 2 aliphatic rings. The lowest BCUT2D eigenvalue weighted by atomic mass is 9.78. The molecule has 5 rings (SSSR count). The largest absolute Gasteiger partial charge is 0.396 e. The second-order valence-electron chi connectivity index (χ2n) is 9.53. The summed E-state index contributed by atoms with van der Waals surface area (Å²) in [5.41, 5.74) is 3.28. The van der Waals surface area contributed by atoms with Crippen molar-refractivity contribution in [1.29, 1.82) is 0 Å². The molecule has 0 saturated heterocycles. The van der Waals surface area contributed by atoms with Gasteiger partial charge in [0, 0.05) is 24.8 Å². The van der Waals surface area contributed by atoms with Gasteiger partial charge in [0.05, 0.1) is 33.8 Å². The number of thiazole rings is 1. The van der Waals surface area contributed by atoms with Crippen molar-refractivity contribution in [3.05, 3.63) is 23.7 Å². The Kier molecular flexibility index (Phi) is 6.41. The normalized spacial score (nSPS) is 28.8. The summed E-state index contributed by atoms with van der Waals surface area (Å²) in [5, 5.41) is 38.2. The molecule has 0 radical (unpaired) electrons. The van der Waals surface area contributed by atoms with Crippen molar-refractivity contribution in [2.45, 2.75) is 70.7 Å². The van der Waals surface area contributed by atoms with Crippen LogP contribution in [0.4, 0.5) is 11.8 Å². The third kappa shape index (κ3) is 4.13. The van der Waals surface area contributed by atoms with E-state index >= 15 is 0 Å². The van der Waals surface area contributed by atoms with Crippen LogP contribution >= 0.6 is 11.3 Å². The first kappa shape index (κ1) is 23.3. The van der Waals surface area contributed by atoms with Crippen LogP contribution in [0.25, 0.3) is 20.8 Å². The molecule has 10 heteroatoms. The molecular formula is C24H32N6O3S. The zero-order chi connectivity index (χ0) is 24.0. The van der Waals surface area contributed by atoms with Gasteiger partial charge in [-0.3, -0.25) is 4.98 Å². The minimum atomic E-state index is -1.01. The Morgan fingerprint density at radius 1 is 1.00 bits per heavy atom. The van der Waals surface area contributed by atoms with Crippen LogP contribution in [-0.4, -0.2) is 66.2 Å². The summed E-state index contributed by atoms with van der Waals surface area (Å²) in [4.78, 5) is 18.8. The minimum absolute atomic E-state index is 0.177. The van der Waals surface area contributed by atoms with E-state index < -0.39 is 18.2 Å². The number of hydrogen-bond acceptors (Lipinski definition) is 10. The number of aromatic nitrogens is 4. The fraction of sp³-hybridized carbons (Fsp3) is 0.583. The maximum Gasteiger partial charge on any atom is 0.225 e. The molecule has 0 bridgehead atoms. The number of aliphatic hydroxyl groups is 3. The van der Waals surface area contributed by atoms with Gasteiger partial charge in [-0.15, -0.1) is 11.3 Å². The molecule has 3 heterocycles. The molecule has 3 aromatic rings. The van der Waals surface area contributed by atoms with Gasteiger partial charge in [0.25, 0.3) is 0 Å². The zero-order valence-corrected chi connectivity index (χ0v) is 20.5. The molecule has 0 amide bonds. The third-order valence-electron chi connectivity index (χ3n) is 7.41. The Morgan fingerprint density at radius 3 is 2.47 bits per heavy atom. The lowest BCUT2D eigenvalue weighted by Crippen LogP contribution is -2.38. The third-order valence-corrected chi connectivity index (χ3v) is 8.45. The minimum Gasteiger partial charge on any atom is -0.396 e. The van der Waals surface area contributed by atoms with Crippen LogP contribution in [0.15, 0.2) is 12.3 Å². The summed E-state index contributed by atoms with van der Waals surface area (Å²) >= 11 is 1.55. The molecule has 0 unspecified atom stereocenters. The number of anilines is 2. The average Bonchev–Trinajstić information content (AvgIpc) is 3.34. The first-order valence-electron chi connectivity index (χ1n) is 12.0. The summed E-state index contributed by atoms with van der Waals surface area (Å²) in [6.45, 7) is 5.91. The van der Waals surface area contributed by atoms with E-state index in [1.807, 2.05) is 19.9 Å². The maximum atomic E-state index is 10.6. The van der Waals surface area contributed by atoms with Crippen LogP contribution in [0.1, 0.15) is 44.0 Å². The van der Waals surface area contributed by atoms with Gasteiger partial charge in [0.2, 0.25) is 5.95 Å². The molecular weight excluding hydrogens is 452 g/mol. The SMILES string of the molecule is CC[C@@H]1CC[C@H]1Nc1nc(C)c(-c2nc3c(C)nccc3s2)c(N[C@@H]2C[C@H](CO)[C@@H](O)[C@H]2O)n1. The van der Waals surface area contributed by atoms with Crippen LogP contribution in [0, 0.1) is 25.7 Å². The Morgan fingerprint density at radius 2 is 1.82 bits per heavy atom. The number of hydrogen-bond donors (Lipinski definition) is 5. The number of rotatable bonds is 7. The zero-order valence-electron chi connectivity index (χ0n) is 19.7. The highest BCUT2D eigenvalue weighted by atomic mass is 32.1. The van der Waals surface area contributed by atoms with Gasteiger partial charge in [-0.1, -0.05) is 13.3 Å². The number of nitrogens with zero attached hydrogens (tertiary/aromatic N) is 4. The Labute approximate surface area is 202 Å². The predicted molar refractivity (Wildman–Crippen MR) is 133 cm³/mol. The first-order valence-corrected chi connectivity index (χ1v) is 12.8. The second-order valence-corrected chi connectivity index (χ2v) is 10.6. The fourth-order valence-corrected chi connectivity index (χ4v) is 6.24. The van der Waals surface area contributed by atoms with Crippen molar-refractivity contribution in [2.75, 3.05) is 17.2 Å². The monoisotopic (exact) mass is 484 g/mol. The van der Waals surface area contributed by atoms with Crippen molar-refractivity contribution < 1.29 is 15.3 Å². The molecule has 34 heavy (non-hydrogen) atoms. The molecule has 3 aromatic heterocycles. The Bertz CT molecular complexity index is 1180. The van der Waals surface area contributed by atoms with E-state index in [9.17, 15) is 15.3 Å². The molecule has 0 spiro atoms. The number of aryl methyl sites for hydroxylation is 2. The van der Waals surface area contributed by atoms with Crippen molar-refractivity contribution in [2.24, 2.45) is 11.8 Å². The van der Waals surface area contributed by atoms with E-state index in [0.29, 0.717) is 30.1 Å². The van der Waals surface area contributed by atoms with Crippen LogP contribution in [0.3, 0.4) is 0 Å². The number of fused-ring (bicyclic) bond motifs is 1. The molecule has 2 saturated carbocycles. The predicted octanol–water partition coefficient (Wildman–Crippen LogP) is 2.88. The molecule has 9 nitrogen and oxygen atoms in total. The van der Waals surface area contributed by atoms with E-state index in [1.54, 1.807) is 17.5 Å². The van der Waals surface area contributed by atoms with Crippen LogP contribution in [-0.2, 0) is 0 Å². The molecule has 0 aliphatic heterocycles. The van der Waals surface area contributed by atoms with Gasteiger partial charge in [0.1, 0.15) is 22.4 Å². The quantitative estimate of drug-likeness (QED) is 0.343. The lowest BCUT2D eigenvalue weighted by Gasteiger charge is -2.36. The van der Waals surface area contributed by atoms with Crippen LogP contribution < -0.4 is 10.6 Å². The maximum absolute atomic E-state index is 10.6. The molecule has 5 N–H and O–H groups in total. The average molecular weight is 485 g/mol. The number of aliphatic hydroxyl groups excluding tert-OH is 3. The van der Waals surface area contributed by atoms with Crippen molar-refractivity contribution in [3.8, 4) is 10.6 Å². The van der Waals surface area contributed by atoms with Gasteiger partial charge >= 0.3 is 0 Å². The summed E-state index contributed by atoms with van der Waals surface area (Å²) < 4.78 is 1.03. The standard InChI is InChI=1S/C24H32N6O3S/c1-4-13-5-6-15(13)28-24-26-11(2)18(23-29-19-12(3)25-8-7-17(19)34-23)22(30-24)27-16-9-14(10-31)20(32)21(16)33/h7-8,13-16,20-21,31-33H,4-6,9-10H2,1-3H3,(H2,26,27,28,30)/t13-,14-,15-,16-,20-,21+/m1/s1. The van der Waals surface area contributed by atoms with Crippen molar-refractivity contribution in [1.82, 2.24) is 19.9 Å². The molecule has 6 atom stereocenters. The van der Waals surface area contributed by atoms with Crippen molar-refractivity contribution >= 4 is 33.3 Å². The lowest BCUT2D eigenvalue weighted by molar-refractivity contribution is 0.00446. The Balaban J connectivity index is 1.54. The first-order chi connectivity index (χ1) is 16.4. The highest BCUT2D eigenvalue weighted by molar-refractivity contribution is 7.21. The molecule has 2 fully saturated rings. The number of pyridine rings is 1. The van der Waals surface area contributed by atoms with E-state index in [1.165, 1.54) is 6.42 Å². The van der Waals surface area contributed by atoms with E-state index in [0.717, 1.165) is 45.0 Å². The summed E-state index contributed by atoms with van der Waals surface area (Å²) in [6, 6.07) is 1.86. The van der Waals surface area contributed by atoms with Crippen molar-refractivity contribution in [3.63, 3.8) is 0 Å². The van der Waals surface area contributed by atoms with Gasteiger partial charge in [0.15, 0.2) is 0 Å². The van der Waals surface area contributed by atoms with E-state index in [-0.39, 0.29) is 12.5 Å². The summed E-state index contributed by atoms with van der Waals surface area (Å²) in [7, 11) is 0.